The van der Waals surface area contributed by atoms with Crippen molar-refractivity contribution < 1.29 is 8.42 Å². The van der Waals surface area contributed by atoms with Gasteiger partial charge in [0.05, 0.1) is 0 Å². The Morgan fingerprint density at radius 2 is 1.89 bits per heavy atom. The summed E-state index contributed by atoms with van der Waals surface area (Å²) in [6.07, 6.45) is 3.94. The van der Waals surface area contributed by atoms with Crippen molar-refractivity contribution in [3.05, 3.63) is 0 Å². The van der Waals surface area contributed by atoms with E-state index < -0.39 is 10.2 Å². The van der Waals surface area contributed by atoms with Gasteiger partial charge in [-0.15, -0.1) is 12.4 Å². The number of hydrogen-bond donors (Lipinski definition) is 1. The molecule has 0 amide bonds. The van der Waals surface area contributed by atoms with Gasteiger partial charge in [0.1, 0.15) is 0 Å². The van der Waals surface area contributed by atoms with Crippen molar-refractivity contribution >= 4 is 22.6 Å². The summed E-state index contributed by atoms with van der Waals surface area (Å²) >= 11 is 0. The van der Waals surface area contributed by atoms with Crippen LogP contribution in [-0.2, 0) is 10.2 Å². The van der Waals surface area contributed by atoms with Gasteiger partial charge in [-0.05, 0) is 31.6 Å². The summed E-state index contributed by atoms with van der Waals surface area (Å²) in [6, 6.07) is 0.0113. The van der Waals surface area contributed by atoms with Gasteiger partial charge in [-0.1, -0.05) is 6.92 Å². The second kappa shape index (κ2) is 6.52. The molecule has 2 unspecified atom stereocenters. The van der Waals surface area contributed by atoms with Crippen LogP contribution in [0.1, 0.15) is 32.6 Å². The average Bonchev–Trinajstić information content (AvgIpc) is 2.77. The van der Waals surface area contributed by atoms with Crippen LogP contribution in [-0.4, -0.2) is 49.2 Å². The van der Waals surface area contributed by atoms with Gasteiger partial charge in [0.2, 0.25) is 0 Å². The number of piperidine rings is 1. The monoisotopic (exact) mass is 297 g/mol. The first-order valence-electron chi connectivity index (χ1n) is 6.52. The molecule has 0 spiro atoms. The SMILES string of the molecule is CC1CCCN(S(=O)(=O)N2CCCC2CN)C1.Cl. The number of hydrogen-bond acceptors (Lipinski definition) is 3. The van der Waals surface area contributed by atoms with E-state index in [0.29, 0.717) is 32.1 Å². The lowest BCUT2D eigenvalue weighted by molar-refractivity contribution is 0.254. The molecule has 2 saturated heterocycles. The van der Waals surface area contributed by atoms with Gasteiger partial charge in [-0.3, -0.25) is 0 Å². The minimum Gasteiger partial charge on any atom is -0.329 e. The van der Waals surface area contributed by atoms with Crippen LogP contribution in [0.3, 0.4) is 0 Å². The fourth-order valence-electron chi connectivity index (χ4n) is 2.85. The maximum atomic E-state index is 12.5. The summed E-state index contributed by atoms with van der Waals surface area (Å²) < 4.78 is 28.3. The third kappa shape index (κ3) is 3.17. The Balaban J connectivity index is 0.00000162. The zero-order valence-corrected chi connectivity index (χ0v) is 12.5. The van der Waals surface area contributed by atoms with Crippen molar-refractivity contribution in [3.63, 3.8) is 0 Å². The van der Waals surface area contributed by atoms with Gasteiger partial charge >= 0.3 is 0 Å². The largest absolute Gasteiger partial charge is 0.329 e. The molecular formula is C11H24ClN3O2S. The van der Waals surface area contributed by atoms with Gasteiger partial charge in [0.25, 0.3) is 10.2 Å². The first-order chi connectivity index (χ1) is 8.05. The van der Waals surface area contributed by atoms with E-state index in [1.54, 1.807) is 8.61 Å². The molecule has 7 heteroatoms. The van der Waals surface area contributed by atoms with Gasteiger partial charge in [-0.25, -0.2) is 0 Å². The van der Waals surface area contributed by atoms with Crippen molar-refractivity contribution in [3.8, 4) is 0 Å². The highest BCUT2D eigenvalue weighted by atomic mass is 35.5. The molecule has 5 nitrogen and oxygen atoms in total. The minimum atomic E-state index is -3.27. The summed E-state index contributed by atoms with van der Waals surface area (Å²) in [5.74, 6) is 0.470. The van der Waals surface area contributed by atoms with Crippen molar-refractivity contribution in [1.29, 1.82) is 0 Å². The lowest BCUT2D eigenvalue weighted by atomic mass is 10.0. The Hall–Kier alpha value is 0.120. The zero-order valence-electron chi connectivity index (χ0n) is 10.9. The van der Waals surface area contributed by atoms with Crippen LogP contribution in [0.2, 0.25) is 0 Å². The van der Waals surface area contributed by atoms with Gasteiger partial charge in [-0.2, -0.15) is 17.0 Å². The Morgan fingerprint density at radius 1 is 1.22 bits per heavy atom. The summed E-state index contributed by atoms with van der Waals surface area (Å²) in [6.45, 7) is 4.51. The lowest BCUT2D eigenvalue weighted by Gasteiger charge is -2.34. The molecule has 2 rings (SSSR count). The molecule has 0 aliphatic carbocycles. The molecule has 0 saturated carbocycles. The van der Waals surface area contributed by atoms with Crippen LogP contribution < -0.4 is 5.73 Å². The molecule has 2 fully saturated rings. The fraction of sp³-hybridized carbons (Fsp3) is 1.00. The third-order valence-electron chi connectivity index (χ3n) is 3.84. The van der Waals surface area contributed by atoms with Crippen molar-refractivity contribution in [2.24, 2.45) is 11.7 Å². The smallest absolute Gasteiger partial charge is 0.282 e. The first-order valence-corrected chi connectivity index (χ1v) is 7.92. The molecule has 2 N–H and O–H groups in total. The highest BCUT2D eigenvalue weighted by molar-refractivity contribution is 7.86. The van der Waals surface area contributed by atoms with E-state index >= 15 is 0 Å². The highest BCUT2D eigenvalue weighted by Crippen LogP contribution is 2.26. The van der Waals surface area contributed by atoms with E-state index in [4.69, 9.17) is 5.73 Å². The van der Waals surface area contributed by atoms with Crippen molar-refractivity contribution in [2.45, 2.75) is 38.6 Å². The molecule has 2 atom stereocenters. The van der Waals surface area contributed by atoms with E-state index in [1.165, 1.54) is 0 Å². The van der Waals surface area contributed by atoms with Crippen LogP contribution in [0, 0.1) is 5.92 Å². The standard InChI is InChI=1S/C11H23N3O2S.ClH/c1-10-4-2-6-13(9-10)17(15,16)14-7-3-5-11(14)8-12;/h10-11H,2-9,12H2,1H3;1H. The van der Waals surface area contributed by atoms with E-state index in [1.807, 2.05) is 0 Å². The van der Waals surface area contributed by atoms with E-state index in [-0.39, 0.29) is 18.4 Å². The molecule has 0 bridgehead atoms. The van der Waals surface area contributed by atoms with Crippen molar-refractivity contribution in [2.75, 3.05) is 26.2 Å². The number of nitrogens with two attached hydrogens (primary N) is 1. The average molecular weight is 298 g/mol. The number of halogens is 1. The van der Waals surface area contributed by atoms with E-state index in [9.17, 15) is 8.42 Å². The molecule has 108 valence electrons. The normalized spacial score (nSPS) is 31.2. The maximum absolute atomic E-state index is 12.5. The van der Waals surface area contributed by atoms with Crippen LogP contribution >= 0.6 is 12.4 Å². The van der Waals surface area contributed by atoms with Gasteiger partial charge in [0, 0.05) is 32.2 Å². The predicted octanol–water partition coefficient (Wildman–Crippen LogP) is 0.808. The molecular weight excluding hydrogens is 274 g/mol. The van der Waals surface area contributed by atoms with E-state index in [2.05, 4.69) is 6.92 Å². The summed E-state index contributed by atoms with van der Waals surface area (Å²) in [7, 11) is -3.27. The molecule has 0 radical (unpaired) electrons. The molecule has 0 aromatic heterocycles. The highest BCUT2D eigenvalue weighted by Gasteiger charge is 2.38. The Morgan fingerprint density at radius 3 is 2.50 bits per heavy atom. The maximum Gasteiger partial charge on any atom is 0.282 e. The van der Waals surface area contributed by atoms with Crippen molar-refractivity contribution in [1.82, 2.24) is 8.61 Å². The first kappa shape index (κ1) is 16.2. The fourth-order valence-corrected chi connectivity index (χ4v) is 4.88. The Kier molecular flexibility index (Phi) is 5.86. The third-order valence-corrected chi connectivity index (χ3v) is 5.90. The molecule has 2 heterocycles. The summed E-state index contributed by atoms with van der Waals surface area (Å²) in [5.41, 5.74) is 5.65. The molecule has 18 heavy (non-hydrogen) atoms. The second-order valence-electron chi connectivity index (χ2n) is 5.26. The minimum absolute atomic E-state index is 0. The Bertz CT molecular complexity index is 363. The Labute approximate surface area is 116 Å². The van der Waals surface area contributed by atoms with Gasteiger partial charge < -0.3 is 5.73 Å². The molecule has 0 aromatic carbocycles. The predicted molar refractivity (Wildman–Crippen MR) is 74.9 cm³/mol. The molecule has 0 aromatic rings. The van der Waals surface area contributed by atoms with Crippen LogP contribution in [0.4, 0.5) is 0 Å². The second-order valence-corrected chi connectivity index (χ2v) is 7.14. The topological polar surface area (TPSA) is 66.6 Å². The number of rotatable bonds is 3. The van der Waals surface area contributed by atoms with Gasteiger partial charge in [0.15, 0.2) is 0 Å². The lowest BCUT2D eigenvalue weighted by Crippen LogP contribution is -2.50. The number of nitrogens with zero attached hydrogens (tertiary/aromatic N) is 2. The van der Waals surface area contributed by atoms with Crippen LogP contribution in [0.15, 0.2) is 0 Å². The molecule has 2 aliphatic heterocycles. The quantitative estimate of drug-likeness (QED) is 0.838. The van der Waals surface area contributed by atoms with E-state index in [0.717, 1.165) is 25.7 Å². The summed E-state index contributed by atoms with van der Waals surface area (Å²) in [4.78, 5) is 0. The van der Waals surface area contributed by atoms with Crippen LogP contribution in [0.25, 0.3) is 0 Å². The molecule has 2 aliphatic rings. The summed E-state index contributed by atoms with van der Waals surface area (Å²) in [5, 5.41) is 0. The van der Waals surface area contributed by atoms with Crippen LogP contribution in [0.5, 0.6) is 0 Å². The zero-order chi connectivity index (χ0) is 12.5.